The molecule has 0 saturated heterocycles. The molecule has 7 heteroatoms. The van der Waals surface area contributed by atoms with Crippen molar-refractivity contribution in [2.45, 2.75) is 44.0 Å². The molecule has 1 atom stereocenters. The molecule has 0 saturated carbocycles. The van der Waals surface area contributed by atoms with Crippen molar-refractivity contribution in [3.05, 3.63) is 23.8 Å². The van der Waals surface area contributed by atoms with E-state index in [9.17, 15) is 13.2 Å². The lowest BCUT2D eigenvalue weighted by Crippen LogP contribution is -2.17. The molecule has 1 unspecified atom stereocenters. The number of primary sulfonamides is 1. The fourth-order valence-electron chi connectivity index (χ4n) is 1.79. The summed E-state index contributed by atoms with van der Waals surface area (Å²) in [4.78, 5) is 11.7. The highest BCUT2D eigenvalue weighted by Crippen LogP contribution is 2.19. The average Bonchev–Trinajstić information content (AvgIpc) is 2.29. The molecule has 0 heterocycles. The molecule has 20 heavy (non-hydrogen) atoms. The summed E-state index contributed by atoms with van der Waals surface area (Å²) >= 11 is 0. The number of aryl methyl sites for hydroxylation is 1. The maximum atomic E-state index is 11.7. The van der Waals surface area contributed by atoms with Gasteiger partial charge in [-0.15, -0.1) is 0 Å². The molecular weight excluding hydrogens is 278 g/mol. The fraction of sp³-hybridized carbons (Fsp3) is 0.462. The lowest BCUT2D eigenvalue weighted by Gasteiger charge is -2.09. The Labute approximate surface area is 119 Å². The van der Waals surface area contributed by atoms with Crippen molar-refractivity contribution in [1.82, 2.24) is 0 Å². The topological polar surface area (TPSA) is 115 Å². The Balaban J connectivity index is 2.72. The van der Waals surface area contributed by atoms with E-state index in [0.29, 0.717) is 24.1 Å². The lowest BCUT2D eigenvalue weighted by molar-refractivity contribution is -0.116. The van der Waals surface area contributed by atoms with E-state index >= 15 is 0 Å². The molecule has 0 aromatic heterocycles. The Morgan fingerprint density at radius 3 is 2.60 bits per heavy atom. The SMILES string of the molecule is Cc1ccc(NC(=O)CCCC(C)N)cc1S(N)(=O)=O. The molecule has 0 radical (unpaired) electrons. The highest BCUT2D eigenvalue weighted by atomic mass is 32.2. The number of nitrogens with one attached hydrogen (secondary N) is 1. The standard InChI is InChI=1S/C13H21N3O3S/c1-9-6-7-11(8-12(9)20(15,18)19)16-13(17)5-3-4-10(2)14/h6-8,10H,3-5,14H2,1-2H3,(H,16,17)(H2,15,18,19). The van der Waals surface area contributed by atoms with Crippen LogP contribution in [0.1, 0.15) is 31.7 Å². The third kappa shape index (κ3) is 5.28. The van der Waals surface area contributed by atoms with Gasteiger partial charge in [0.05, 0.1) is 4.90 Å². The average molecular weight is 299 g/mol. The number of benzene rings is 1. The van der Waals surface area contributed by atoms with Crippen LogP contribution in [0.15, 0.2) is 23.1 Å². The van der Waals surface area contributed by atoms with Gasteiger partial charge < -0.3 is 11.1 Å². The van der Waals surface area contributed by atoms with E-state index in [-0.39, 0.29) is 16.8 Å². The first-order chi connectivity index (χ1) is 9.20. The minimum atomic E-state index is -3.79. The van der Waals surface area contributed by atoms with Crippen LogP contribution in [0.4, 0.5) is 5.69 Å². The van der Waals surface area contributed by atoms with Gasteiger partial charge in [0, 0.05) is 18.2 Å². The van der Waals surface area contributed by atoms with Gasteiger partial charge in [0.15, 0.2) is 0 Å². The summed E-state index contributed by atoms with van der Waals surface area (Å²) in [5, 5.41) is 7.77. The maximum absolute atomic E-state index is 11.7. The molecule has 1 rings (SSSR count). The number of nitrogens with two attached hydrogens (primary N) is 2. The van der Waals surface area contributed by atoms with Crippen molar-refractivity contribution in [1.29, 1.82) is 0 Å². The number of carbonyl (C=O) groups is 1. The number of hydrogen-bond donors (Lipinski definition) is 3. The van der Waals surface area contributed by atoms with Crippen LogP contribution in [0.3, 0.4) is 0 Å². The summed E-state index contributed by atoms with van der Waals surface area (Å²) in [5.41, 5.74) is 6.57. The van der Waals surface area contributed by atoms with Crippen molar-refractivity contribution in [3.8, 4) is 0 Å². The van der Waals surface area contributed by atoms with Gasteiger partial charge in [-0.1, -0.05) is 6.07 Å². The molecule has 0 spiro atoms. The molecule has 1 amide bonds. The molecular formula is C13H21N3O3S. The minimum absolute atomic E-state index is 0.0193. The number of sulfonamides is 1. The van der Waals surface area contributed by atoms with E-state index in [1.54, 1.807) is 19.1 Å². The first kappa shape index (κ1) is 16.6. The number of hydrogen-bond acceptors (Lipinski definition) is 4. The van der Waals surface area contributed by atoms with Crippen molar-refractivity contribution < 1.29 is 13.2 Å². The molecule has 1 aromatic rings. The Hall–Kier alpha value is -1.44. The van der Waals surface area contributed by atoms with E-state index in [2.05, 4.69) is 5.32 Å². The summed E-state index contributed by atoms with van der Waals surface area (Å²) in [6.45, 7) is 3.53. The molecule has 5 N–H and O–H groups in total. The zero-order valence-electron chi connectivity index (χ0n) is 11.7. The largest absolute Gasteiger partial charge is 0.328 e. The lowest BCUT2D eigenvalue weighted by atomic mass is 10.1. The zero-order valence-corrected chi connectivity index (χ0v) is 12.5. The number of anilines is 1. The summed E-state index contributed by atoms with van der Waals surface area (Å²) in [5.74, 6) is -0.171. The maximum Gasteiger partial charge on any atom is 0.238 e. The summed E-state index contributed by atoms with van der Waals surface area (Å²) in [6.07, 6.45) is 1.81. The van der Waals surface area contributed by atoms with E-state index in [0.717, 1.165) is 6.42 Å². The predicted molar refractivity (Wildman–Crippen MR) is 78.7 cm³/mol. The van der Waals surface area contributed by atoms with Crippen LogP contribution >= 0.6 is 0 Å². The van der Waals surface area contributed by atoms with Crippen LogP contribution in [0.5, 0.6) is 0 Å². The second kappa shape index (κ2) is 6.83. The van der Waals surface area contributed by atoms with Crippen molar-refractivity contribution in [3.63, 3.8) is 0 Å². The van der Waals surface area contributed by atoms with Crippen molar-refractivity contribution in [2.24, 2.45) is 10.9 Å². The molecule has 0 aliphatic heterocycles. The predicted octanol–water partition coefficient (Wildman–Crippen LogP) is 1.10. The van der Waals surface area contributed by atoms with Gasteiger partial charge >= 0.3 is 0 Å². The Morgan fingerprint density at radius 1 is 1.40 bits per heavy atom. The van der Waals surface area contributed by atoms with Crippen LogP contribution in [-0.4, -0.2) is 20.4 Å². The van der Waals surface area contributed by atoms with Gasteiger partial charge in [-0.25, -0.2) is 13.6 Å². The van der Waals surface area contributed by atoms with E-state index in [1.165, 1.54) is 6.07 Å². The summed E-state index contributed by atoms with van der Waals surface area (Å²) in [7, 11) is -3.79. The monoisotopic (exact) mass is 299 g/mol. The van der Waals surface area contributed by atoms with Gasteiger partial charge in [0.1, 0.15) is 0 Å². The van der Waals surface area contributed by atoms with E-state index in [1.807, 2.05) is 6.92 Å². The third-order valence-electron chi connectivity index (χ3n) is 2.84. The molecule has 0 aliphatic carbocycles. The highest BCUT2D eigenvalue weighted by molar-refractivity contribution is 7.89. The van der Waals surface area contributed by atoms with Crippen LogP contribution in [-0.2, 0) is 14.8 Å². The second-order valence-corrected chi connectivity index (χ2v) is 6.47. The van der Waals surface area contributed by atoms with Crippen LogP contribution in [0.25, 0.3) is 0 Å². The Kier molecular flexibility index (Phi) is 5.67. The van der Waals surface area contributed by atoms with Gasteiger partial charge in [-0.2, -0.15) is 0 Å². The molecule has 1 aromatic carbocycles. The highest BCUT2D eigenvalue weighted by Gasteiger charge is 2.13. The van der Waals surface area contributed by atoms with Crippen LogP contribution in [0.2, 0.25) is 0 Å². The number of amides is 1. The summed E-state index contributed by atoms with van der Waals surface area (Å²) < 4.78 is 22.8. The number of carbonyl (C=O) groups excluding carboxylic acids is 1. The second-order valence-electron chi connectivity index (χ2n) is 4.94. The van der Waals surface area contributed by atoms with Crippen LogP contribution < -0.4 is 16.2 Å². The molecule has 0 aliphatic rings. The molecule has 0 bridgehead atoms. The summed E-state index contributed by atoms with van der Waals surface area (Å²) in [6, 6.07) is 4.69. The first-order valence-corrected chi connectivity index (χ1v) is 7.93. The molecule has 112 valence electrons. The van der Waals surface area contributed by atoms with Gasteiger partial charge in [0.25, 0.3) is 0 Å². The third-order valence-corrected chi connectivity index (χ3v) is 3.89. The number of rotatable bonds is 6. The van der Waals surface area contributed by atoms with Crippen molar-refractivity contribution in [2.75, 3.05) is 5.32 Å². The van der Waals surface area contributed by atoms with Gasteiger partial charge in [0.2, 0.25) is 15.9 Å². The Bertz CT molecular complexity index is 583. The van der Waals surface area contributed by atoms with E-state index < -0.39 is 10.0 Å². The first-order valence-electron chi connectivity index (χ1n) is 6.39. The smallest absolute Gasteiger partial charge is 0.238 e. The van der Waals surface area contributed by atoms with Crippen LogP contribution in [0, 0.1) is 6.92 Å². The normalized spacial score (nSPS) is 13.0. The van der Waals surface area contributed by atoms with Gasteiger partial charge in [-0.3, -0.25) is 4.79 Å². The minimum Gasteiger partial charge on any atom is -0.328 e. The van der Waals surface area contributed by atoms with E-state index in [4.69, 9.17) is 10.9 Å². The van der Waals surface area contributed by atoms with Crippen molar-refractivity contribution >= 4 is 21.6 Å². The fourth-order valence-corrected chi connectivity index (χ4v) is 2.60. The Morgan fingerprint density at radius 2 is 2.05 bits per heavy atom. The van der Waals surface area contributed by atoms with Gasteiger partial charge in [-0.05, 0) is 44.4 Å². The quantitative estimate of drug-likeness (QED) is 0.729. The zero-order chi connectivity index (χ0) is 15.3. The molecule has 6 nitrogen and oxygen atoms in total. The molecule has 0 fully saturated rings.